The van der Waals surface area contributed by atoms with Gasteiger partial charge in [0.05, 0.1) is 0 Å². The van der Waals surface area contributed by atoms with Crippen LogP contribution in [0.4, 0.5) is 0 Å². The first-order chi connectivity index (χ1) is 12.1. The van der Waals surface area contributed by atoms with Crippen LogP contribution in [0.1, 0.15) is 39.9 Å². The number of rotatable bonds is 5. The Morgan fingerprint density at radius 1 is 1.36 bits per heavy atom. The molecular formula is C20H25N3O2. The van der Waals surface area contributed by atoms with Gasteiger partial charge < -0.3 is 15.4 Å². The van der Waals surface area contributed by atoms with Crippen molar-refractivity contribution in [2.24, 2.45) is 0 Å². The molecule has 1 aliphatic heterocycles. The van der Waals surface area contributed by atoms with E-state index in [1.165, 1.54) is 0 Å². The lowest BCUT2D eigenvalue weighted by Crippen LogP contribution is -2.45. The van der Waals surface area contributed by atoms with Gasteiger partial charge in [-0.25, -0.2) is 0 Å². The minimum absolute atomic E-state index is 0.0151. The van der Waals surface area contributed by atoms with Crippen LogP contribution < -0.4 is 15.4 Å². The highest BCUT2D eigenvalue weighted by Crippen LogP contribution is 2.26. The van der Waals surface area contributed by atoms with Crippen LogP contribution in [0, 0.1) is 13.8 Å². The number of nitrogens with one attached hydrogen (secondary N) is 2. The number of amides is 1. The van der Waals surface area contributed by atoms with Crippen molar-refractivity contribution < 1.29 is 9.53 Å². The first-order valence-electron chi connectivity index (χ1n) is 8.78. The average Bonchev–Trinajstić information content (AvgIpc) is 2.62. The molecule has 0 bridgehead atoms. The van der Waals surface area contributed by atoms with Crippen LogP contribution in [0.15, 0.2) is 36.7 Å². The van der Waals surface area contributed by atoms with Crippen molar-refractivity contribution in [1.29, 1.82) is 0 Å². The lowest BCUT2D eigenvalue weighted by molar-refractivity contribution is 0.0930. The molecule has 1 aromatic carbocycles. The lowest BCUT2D eigenvalue weighted by atomic mass is 10.0. The highest BCUT2D eigenvalue weighted by molar-refractivity contribution is 5.95. The largest absolute Gasteiger partial charge is 0.488 e. The monoisotopic (exact) mass is 339 g/mol. The normalized spacial score (nSPS) is 17.1. The summed E-state index contributed by atoms with van der Waals surface area (Å²) in [7, 11) is 0. The first-order valence-corrected chi connectivity index (χ1v) is 8.78. The Bertz CT molecular complexity index is 702. The summed E-state index contributed by atoms with van der Waals surface area (Å²) in [6, 6.07) is 7.89. The second-order valence-electron chi connectivity index (χ2n) is 6.61. The number of nitrogens with zero attached hydrogens (tertiary/aromatic N) is 1. The van der Waals surface area contributed by atoms with Gasteiger partial charge in [0.15, 0.2) is 0 Å². The molecular weight excluding hydrogens is 314 g/mol. The van der Waals surface area contributed by atoms with Crippen LogP contribution in [0.5, 0.6) is 5.75 Å². The number of hydrogen-bond acceptors (Lipinski definition) is 4. The highest BCUT2D eigenvalue weighted by Gasteiger charge is 2.18. The highest BCUT2D eigenvalue weighted by atomic mass is 16.5. The molecule has 5 nitrogen and oxygen atoms in total. The number of aryl methyl sites for hydroxylation is 2. The SMILES string of the molecule is Cc1cc(C(=O)NC2CCCNC2)cc(C)c1OCc1cccnc1. The number of aromatic nitrogens is 1. The number of hydrogen-bond donors (Lipinski definition) is 2. The predicted octanol–water partition coefficient (Wildman–Crippen LogP) is 2.76. The summed E-state index contributed by atoms with van der Waals surface area (Å²) in [6.07, 6.45) is 5.67. The van der Waals surface area contributed by atoms with Crippen molar-refractivity contribution in [2.75, 3.05) is 13.1 Å². The summed E-state index contributed by atoms with van der Waals surface area (Å²) in [5, 5.41) is 6.43. The molecule has 1 amide bonds. The lowest BCUT2D eigenvalue weighted by Gasteiger charge is -2.24. The molecule has 3 rings (SSSR count). The number of carbonyl (C=O) groups is 1. The molecule has 132 valence electrons. The summed E-state index contributed by atoms with van der Waals surface area (Å²) >= 11 is 0. The molecule has 0 spiro atoms. The maximum Gasteiger partial charge on any atom is 0.251 e. The van der Waals surface area contributed by atoms with Gasteiger partial charge in [-0.15, -0.1) is 0 Å². The summed E-state index contributed by atoms with van der Waals surface area (Å²) in [5.41, 5.74) is 3.65. The first kappa shape index (κ1) is 17.4. The molecule has 5 heteroatoms. The van der Waals surface area contributed by atoms with Gasteiger partial charge in [0.25, 0.3) is 5.91 Å². The van der Waals surface area contributed by atoms with E-state index >= 15 is 0 Å². The molecule has 1 aliphatic rings. The second-order valence-corrected chi connectivity index (χ2v) is 6.61. The molecule has 25 heavy (non-hydrogen) atoms. The smallest absolute Gasteiger partial charge is 0.251 e. The van der Waals surface area contributed by atoms with Gasteiger partial charge >= 0.3 is 0 Å². The van der Waals surface area contributed by atoms with Gasteiger partial charge in [-0.2, -0.15) is 0 Å². The van der Waals surface area contributed by atoms with E-state index in [-0.39, 0.29) is 11.9 Å². The van der Waals surface area contributed by atoms with E-state index in [1.807, 2.05) is 38.1 Å². The van der Waals surface area contributed by atoms with E-state index < -0.39 is 0 Å². The van der Waals surface area contributed by atoms with Gasteiger partial charge in [0, 0.05) is 36.1 Å². The zero-order valence-electron chi connectivity index (χ0n) is 14.8. The fourth-order valence-electron chi connectivity index (χ4n) is 3.19. The van der Waals surface area contributed by atoms with Crippen LogP contribution in [0.3, 0.4) is 0 Å². The molecule has 2 aromatic rings. The van der Waals surface area contributed by atoms with Crippen LogP contribution >= 0.6 is 0 Å². The summed E-state index contributed by atoms with van der Waals surface area (Å²) in [4.78, 5) is 16.6. The van der Waals surface area contributed by atoms with Gasteiger partial charge in [-0.05, 0) is 62.6 Å². The fourth-order valence-corrected chi connectivity index (χ4v) is 3.19. The van der Waals surface area contributed by atoms with Crippen molar-refractivity contribution in [2.45, 2.75) is 39.3 Å². The number of ether oxygens (including phenoxy) is 1. The fraction of sp³-hybridized carbons (Fsp3) is 0.400. The number of pyridine rings is 1. The average molecular weight is 339 g/mol. The third kappa shape index (κ3) is 4.57. The third-order valence-electron chi connectivity index (χ3n) is 4.46. The molecule has 2 heterocycles. The standard InChI is InChI=1S/C20H25N3O2/c1-14-9-17(20(24)23-18-6-4-8-22-12-18)10-15(2)19(14)25-13-16-5-3-7-21-11-16/h3,5,7,9-11,18,22H,4,6,8,12-13H2,1-2H3,(H,23,24). The van der Waals surface area contributed by atoms with E-state index in [0.29, 0.717) is 12.2 Å². The Kier molecular flexibility index (Phi) is 5.66. The van der Waals surface area contributed by atoms with E-state index in [2.05, 4.69) is 15.6 Å². The molecule has 1 atom stereocenters. The second kappa shape index (κ2) is 8.12. The van der Waals surface area contributed by atoms with Crippen molar-refractivity contribution >= 4 is 5.91 Å². The Morgan fingerprint density at radius 2 is 2.16 bits per heavy atom. The zero-order chi connectivity index (χ0) is 17.6. The maximum atomic E-state index is 12.5. The Morgan fingerprint density at radius 3 is 2.80 bits per heavy atom. The number of carbonyl (C=O) groups excluding carboxylic acids is 1. The van der Waals surface area contributed by atoms with Crippen molar-refractivity contribution in [3.63, 3.8) is 0 Å². The van der Waals surface area contributed by atoms with Crippen LogP contribution in [-0.2, 0) is 6.61 Å². The molecule has 1 aromatic heterocycles. The maximum absolute atomic E-state index is 12.5. The molecule has 0 aliphatic carbocycles. The molecule has 1 saturated heterocycles. The molecule has 1 unspecified atom stereocenters. The van der Waals surface area contributed by atoms with Crippen molar-refractivity contribution in [3.8, 4) is 5.75 Å². The summed E-state index contributed by atoms with van der Waals surface area (Å²) < 4.78 is 5.96. The molecule has 1 fully saturated rings. The van der Waals surface area contributed by atoms with Gasteiger partial charge in [-0.1, -0.05) is 6.07 Å². The molecule has 0 radical (unpaired) electrons. The quantitative estimate of drug-likeness (QED) is 0.879. The van der Waals surface area contributed by atoms with Crippen LogP contribution in [-0.4, -0.2) is 30.0 Å². The molecule has 0 saturated carbocycles. The van der Waals surface area contributed by atoms with Crippen LogP contribution in [0.25, 0.3) is 0 Å². The Balaban J connectivity index is 1.67. The van der Waals surface area contributed by atoms with Gasteiger partial charge in [0.1, 0.15) is 12.4 Å². The third-order valence-corrected chi connectivity index (χ3v) is 4.46. The topological polar surface area (TPSA) is 63.2 Å². The Hall–Kier alpha value is -2.40. The minimum atomic E-state index is -0.0151. The number of piperidine rings is 1. The van der Waals surface area contributed by atoms with E-state index in [4.69, 9.17) is 4.74 Å². The van der Waals surface area contributed by atoms with E-state index in [0.717, 1.165) is 48.4 Å². The predicted molar refractivity (Wildman–Crippen MR) is 97.8 cm³/mol. The minimum Gasteiger partial charge on any atom is -0.488 e. The van der Waals surface area contributed by atoms with Crippen molar-refractivity contribution in [3.05, 3.63) is 58.9 Å². The summed E-state index contributed by atoms with van der Waals surface area (Å²) in [5.74, 6) is 0.818. The van der Waals surface area contributed by atoms with E-state index in [1.54, 1.807) is 12.4 Å². The molecule has 2 N–H and O–H groups in total. The summed E-state index contributed by atoms with van der Waals surface area (Å²) in [6.45, 7) is 6.30. The Labute approximate surface area is 148 Å². The zero-order valence-corrected chi connectivity index (χ0v) is 14.8. The van der Waals surface area contributed by atoms with E-state index in [9.17, 15) is 4.79 Å². The van der Waals surface area contributed by atoms with Crippen molar-refractivity contribution in [1.82, 2.24) is 15.6 Å². The van der Waals surface area contributed by atoms with Gasteiger partial charge in [-0.3, -0.25) is 9.78 Å². The number of benzene rings is 1. The van der Waals surface area contributed by atoms with Crippen LogP contribution in [0.2, 0.25) is 0 Å². The van der Waals surface area contributed by atoms with Gasteiger partial charge in [0.2, 0.25) is 0 Å².